The molecular weight excluding hydrogens is 268 g/mol. The third-order valence-corrected chi connectivity index (χ3v) is 3.02. The molecule has 0 aliphatic rings. The Morgan fingerprint density at radius 2 is 1.90 bits per heavy atom. The van der Waals surface area contributed by atoms with E-state index in [1.165, 1.54) is 6.07 Å². The van der Waals surface area contributed by atoms with Crippen LogP contribution in [0.15, 0.2) is 24.3 Å². The van der Waals surface area contributed by atoms with Crippen LogP contribution in [-0.4, -0.2) is 21.0 Å². The summed E-state index contributed by atoms with van der Waals surface area (Å²) in [7, 11) is 0. The van der Waals surface area contributed by atoms with Gasteiger partial charge in [-0.3, -0.25) is 0 Å². The molecule has 0 atom stereocenters. The van der Waals surface area contributed by atoms with Gasteiger partial charge in [-0.1, -0.05) is 13.8 Å². The van der Waals surface area contributed by atoms with Gasteiger partial charge in [0.1, 0.15) is 11.6 Å². The molecule has 1 N–H and O–H groups in total. The summed E-state index contributed by atoms with van der Waals surface area (Å²) >= 11 is 0. The number of aromatic nitrogens is 2. The van der Waals surface area contributed by atoms with Crippen molar-refractivity contribution in [2.45, 2.75) is 33.6 Å². The van der Waals surface area contributed by atoms with Crippen molar-refractivity contribution in [2.75, 3.05) is 0 Å². The number of aryl methyl sites for hydroxylation is 2. The van der Waals surface area contributed by atoms with E-state index in [0.29, 0.717) is 17.2 Å². The first-order valence-electron chi connectivity index (χ1n) is 6.74. The van der Waals surface area contributed by atoms with E-state index in [1.807, 2.05) is 20.8 Å². The zero-order chi connectivity index (χ0) is 15.6. The number of benzene rings is 1. The van der Waals surface area contributed by atoms with E-state index in [1.54, 1.807) is 25.1 Å². The van der Waals surface area contributed by atoms with Gasteiger partial charge in [-0.05, 0) is 37.6 Å². The predicted molar refractivity (Wildman–Crippen MR) is 79.1 cm³/mol. The number of hydrogen-bond donors (Lipinski definition) is 1. The van der Waals surface area contributed by atoms with Crippen molar-refractivity contribution in [3.63, 3.8) is 0 Å². The van der Waals surface area contributed by atoms with Gasteiger partial charge >= 0.3 is 5.97 Å². The molecule has 5 nitrogen and oxygen atoms in total. The second-order valence-corrected chi connectivity index (χ2v) is 5.24. The highest BCUT2D eigenvalue weighted by Crippen LogP contribution is 2.24. The lowest BCUT2D eigenvalue weighted by Crippen LogP contribution is -2.02. The van der Waals surface area contributed by atoms with Gasteiger partial charge in [-0.2, -0.15) is 4.98 Å². The average molecular weight is 286 g/mol. The second-order valence-electron chi connectivity index (χ2n) is 5.24. The molecule has 1 heterocycles. The number of rotatable bonds is 4. The van der Waals surface area contributed by atoms with Gasteiger partial charge in [-0.15, -0.1) is 0 Å². The summed E-state index contributed by atoms with van der Waals surface area (Å²) in [6.07, 6.45) is 0. The largest absolute Gasteiger partial charge is 0.478 e. The van der Waals surface area contributed by atoms with Crippen LogP contribution in [0.3, 0.4) is 0 Å². The maximum Gasteiger partial charge on any atom is 0.335 e. The molecule has 0 fully saturated rings. The van der Waals surface area contributed by atoms with E-state index < -0.39 is 5.97 Å². The average Bonchev–Trinajstić information content (AvgIpc) is 2.37. The summed E-state index contributed by atoms with van der Waals surface area (Å²) in [5.41, 5.74) is 1.75. The first-order chi connectivity index (χ1) is 9.86. The van der Waals surface area contributed by atoms with Crippen LogP contribution in [0, 0.1) is 13.8 Å². The normalized spacial score (nSPS) is 10.7. The molecular formula is C16H18N2O3. The van der Waals surface area contributed by atoms with Crippen LogP contribution in [0.1, 0.15) is 47.2 Å². The van der Waals surface area contributed by atoms with Crippen LogP contribution in [-0.2, 0) is 0 Å². The fraction of sp³-hybridized carbons (Fsp3) is 0.312. The minimum absolute atomic E-state index is 0.211. The maximum absolute atomic E-state index is 11.0. The SMILES string of the molecule is Cc1cc(Oc2ccc(C(=O)O)c(C)c2)nc(C(C)C)n1. The van der Waals surface area contributed by atoms with Crippen LogP contribution in [0.5, 0.6) is 11.6 Å². The lowest BCUT2D eigenvalue weighted by molar-refractivity contribution is 0.0696. The van der Waals surface area contributed by atoms with Crippen molar-refractivity contribution in [1.82, 2.24) is 9.97 Å². The lowest BCUT2D eigenvalue weighted by atomic mass is 10.1. The van der Waals surface area contributed by atoms with Crippen LogP contribution < -0.4 is 4.74 Å². The molecule has 0 spiro atoms. The van der Waals surface area contributed by atoms with Gasteiger partial charge in [0.05, 0.1) is 5.56 Å². The van der Waals surface area contributed by atoms with Gasteiger partial charge in [-0.25, -0.2) is 9.78 Å². The van der Waals surface area contributed by atoms with E-state index in [-0.39, 0.29) is 11.5 Å². The van der Waals surface area contributed by atoms with Gasteiger partial charge in [0.25, 0.3) is 0 Å². The third-order valence-electron chi connectivity index (χ3n) is 3.02. The minimum atomic E-state index is -0.945. The van der Waals surface area contributed by atoms with Crippen LogP contribution >= 0.6 is 0 Å². The molecule has 0 saturated heterocycles. The Kier molecular flexibility index (Phi) is 4.21. The quantitative estimate of drug-likeness (QED) is 0.927. The van der Waals surface area contributed by atoms with E-state index in [9.17, 15) is 4.79 Å². The van der Waals surface area contributed by atoms with Gasteiger partial charge in [0.15, 0.2) is 0 Å². The predicted octanol–water partition coefficient (Wildman–Crippen LogP) is 3.71. The Bertz CT molecular complexity index is 681. The van der Waals surface area contributed by atoms with Crippen molar-refractivity contribution < 1.29 is 14.6 Å². The number of carboxylic acids is 1. The number of ether oxygens (including phenoxy) is 1. The molecule has 0 unspecified atom stereocenters. The minimum Gasteiger partial charge on any atom is -0.478 e. The molecule has 2 rings (SSSR count). The maximum atomic E-state index is 11.0. The zero-order valence-electron chi connectivity index (χ0n) is 12.5. The van der Waals surface area contributed by atoms with E-state index in [4.69, 9.17) is 9.84 Å². The number of carboxylic acid groups (broad SMARTS) is 1. The van der Waals surface area contributed by atoms with E-state index in [0.717, 1.165) is 11.5 Å². The first-order valence-corrected chi connectivity index (χ1v) is 6.74. The summed E-state index contributed by atoms with van der Waals surface area (Å²) in [6.45, 7) is 7.66. The van der Waals surface area contributed by atoms with Crippen molar-refractivity contribution >= 4 is 5.97 Å². The molecule has 0 aliphatic carbocycles. The smallest absolute Gasteiger partial charge is 0.335 e. The van der Waals surface area contributed by atoms with Gasteiger partial charge < -0.3 is 9.84 Å². The Morgan fingerprint density at radius 3 is 2.48 bits per heavy atom. The number of carbonyl (C=O) groups is 1. The van der Waals surface area contributed by atoms with Gasteiger partial charge in [0.2, 0.25) is 5.88 Å². The molecule has 21 heavy (non-hydrogen) atoms. The highest BCUT2D eigenvalue weighted by atomic mass is 16.5. The Hall–Kier alpha value is -2.43. The van der Waals surface area contributed by atoms with Crippen molar-refractivity contribution in [3.05, 3.63) is 46.9 Å². The summed E-state index contributed by atoms with van der Waals surface area (Å²) < 4.78 is 5.72. The van der Waals surface area contributed by atoms with E-state index >= 15 is 0 Å². The fourth-order valence-corrected chi connectivity index (χ4v) is 1.93. The molecule has 0 amide bonds. The summed E-state index contributed by atoms with van der Waals surface area (Å²) in [5.74, 6) is 1.02. The standard InChI is InChI=1S/C16H18N2O3/c1-9(2)15-17-11(4)8-14(18-15)21-12-5-6-13(16(19)20)10(3)7-12/h5-9H,1-4H3,(H,19,20). The molecule has 0 saturated carbocycles. The topological polar surface area (TPSA) is 72.3 Å². The Balaban J connectivity index is 2.30. The second kappa shape index (κ2) is 5.91. The monoisotopic (exact) mass is 286 g/mol. The summed E-state index contributed by atoms with van der Waals surface area (Å²) in [5, 5.41) is 9.02. The van der Waals surface area contributed by atoms with Gasteiger partial charge in [0, 0.05) is 17.7 Å². The highest BCUT2D eigenvalue weighted by molar-refractivity contribution is 5.89. The molecule has 2 aromatic rings. The number of hydrogen-bond acceptors (Lipinski definition) is 4. The summed E-state index contributed by atoms with van der Waals surface area (Å²) in [4.78, 5) is 19.7. The Labute approximate surface area is 123 Å². The van der Waals surface area contributed by atoms with Crippen molar-refractivity contribution in [2.24, 2.45) is 0 Å². The molecule has 5 heteroatoms. The molecule has 0 bridgehead atoms. The fourth-order valence-electron chi connectivity index (χ4n) is 1.93. The van der Waals surface area contributed by atoms with Crippen LogP contribution in [0.4, 0.5) is 0 Å². The molecule has 1 aromatic carbocycles. The Morgan fingerprint density at radius 1 is 1.19 bits per heavy atom. The number of nitrogens with zero attached hydrogens (tertiary/aromatic N) is 2. The zero-order valence-corrected chi connectivity index (χ0v) is 12.5. The molecule has 0 radical (unpaired) electrons. The molecule has 0 aliphatic heterocycles. The number of aromatic carboxylic acids is 1. The van der Waals surface area contributed by atoms with E-state index in [2.05, 4.69) is 9.97 Å². The third kappa shape index (κ3) is 3.56. The van der Waals surface area contributed by atoms with Crippen LogP contribution in [0.2, 0.25) is 0 Å². The lowest BCUT2D eigenvalue weighted by Gasteiger charge is -2.10. The highest BCUT2D eigenvalue weighted by Gasteiger charge is 2.10. The van der Waals surface area contributed by atoms with Crippen LogP contribution in [0.25, 0.3) is 0 Å². The van der Waals surface area contributed by atoms with Crippen molar-refractivity contribution in [3.8, 4) is 11.6 Å². The van der Waals surface area contributed by atoms with Crippen molar-refractivity contribution in [1.29, 1.82) is 0 Å². The molecule has 1 aromatic heterocycles. The molecule has 110 valence electrons. The first kappa shape index (κ1) is 15.0. The summed E-state index contributed by atoms with van der Waals surface area (Å²) in [6, 6.07) is 6.61.